The molecule has 2 N–H and O–H groups in total. The summed E-state index contributed by atoms with van der Waals surface area (Å²) in [7, 11) is 0. The maximum atomic E-state index is 13.5. The molecule has 1 fully saturated rings. The second kappa shape index (κ2) is 7.64. The largest absolute Gasteiger partial charge is 0.444 e. The molecule has 2 rings (SSSR count). The van der Waals surface area contributed by atoms with Crippen LogP contribution in [0.2, 0.25) is 0 Å². The normalized spacial score (nSPS) is 18.3. The van der Waals surface area contributed by atoms with Gasteiger partial charge in [-0.25, -0.2) is 9.18 Å². The Bertz CT molecular complexity index is 537. The highest BCUT2D eigenvalue weighted by Crippen LogP contribution is 2.25. The molecule has 1 saturated heterocycles. The van der Waals surface area contributed by atoms with Crippen LogP contribution in [-0.4, -0.2) is 31.5 Å². The van der Waals surface area contributed by atoms with Crippen molar-refractivity contribution in [3.05, 3.63) is 24.0 Å². The molecule has 1 aromatic rings. The van der Waals surface area contributed by atoms with E-state index in [1.54, 1.807) is 20.8 Å². The summed E-state index contributed by atoms with van der Waals surface area (Å²) in [6.45, 7) is 7.56. The van der Waals surface area contributed by atoms with Crippen molar-refractivity contribution in [2.75, 3.05) is 30.4 Å². The van der Waals surface area contributed by atoms with Crippen LogP contribution >= 0.6 is 0 Å². The molecule has 0 aliphatic carbocycles. The lowest BCUT2D eigenvalue weighted by Crippen LogP contribution is -2.28. The zero-order valence-corrected chi connectivity index (χ0v) is 13.9. The molecule has 1 atom stereocenters. The van der Waals surface area contributed by atoms with E-state index in [0.717, 1.165) is 19.4 Å². The highest BCUT2D eigenvalue weighted by Gasteiger charge is 2.18. The van der Waals surface area contributed by atoms with E-state index < -0.39 is 11.7 Å². The minimum absolute atomic E-state index is 0.359. The number of hydrogen-bond acceptors (Lipinski definition) is 4. The summed E-state index contributed by atoms with van der Waals surface area (Å²) in [5.41, 5.74) is 0.454. The van der Waals surface area contributed by atoms with Crippen LogP contribution < -0.4 is 10.6 Å². The van der Waals surface area contributed by atoms with Crippen molar-refractivity contribution in [1.29, 1.82) is 0 Å². The van der Waals surface area contributed by atoms with Gasteiger partial charge in [-0.3, -0.25) is 5.32 Å². The first-order chi connectivity index (χ1) is 10.8. The summed E-state index contributed by atoms with van der Waals surface area (Å²) < 4.78 is 24.2. The van der Waals surface area contributed by atoms with Gasteiger partial charge in [0.25, 0.3) is 0 Å². The molecule has 0 radical (unpaired) electrons. The van der Waals surface area contributed by atoms with E-state index in [4.69, 9.17) is 9.47 Å². The predicted octanol–water partition coefficient (Wildman–Crippen LogP) is 4.01. The second-order valence-electron chi connectivity index (χ2n) is 6.78. The van der Waals surface area contributed by atoms with Crippen molar-refractivity contribution >= 4 is 17.5 Å². The van der Waals surface area contributed by atoms with Gasteiger partial charge in [-0.1, -0.05) is 0 Å². The third kappa shape index (κ3) is 6.06. The Labute approximate surface area is 136 Å². The van der Waals surface area contributed by atoms with Crippen molar-refractivity contribution in [1.82, 2.24) is 0 Å². The molecular formula is C17H25FN2O3. The Morgan fingerprint density at radius 2 is 2.17 bits per heavy atom. The van der Waals surface area contributed by atoms with Gasteiger partial charge in [0.2, 0.25) is 0 Å². The number of carbonyl (C=O) groups excluding carboxylic acids is 1. The minimum Gasteiger partial charge on any atom is -0.444 e. The summed E-state index contributed by atoms with van der Waals surface area (Å²) in [5.74, 6) is 0.0310. The van der Waals surface area contributed by atoms with Gasteiger partial charge in [0.1, 0.15) is 11.4 Å². The average Bonchev–Trinajstić information content (AvgIpc) is 2.46. The van der Waals surface area contributed by atoms with Crippen LogP contribution in [0.4, 0.5) is 20.6 Å². The lowest BCUT2D eigenvalue weighted by atomic mass is 10.0. The number of amides is 1. The Balaban J connectivity index is 2.00. The highest BCUT2D eigenvalue weighted by atomic mass is 19.1. The van der Waals surface area contributed by atoms with E-state index in [1.165, 1.54) is 18.2 Å². The Hall–Kier alpha value is -1.82. The molecular weight excluding hydrogens is 299 g/mol. The zero-order chi connectivity index (χ0) is 16.9. The standard InChI is InChI=1S/C17H25FN2O3/c1-17(2,3)23-16(21)20-14-7-6-13(18)9-15(14)19-10-12-5-4-8-22-11-12/h6-7,9,12,19H,4-5,8,10-11H2,1-3H3,(H,20,21). The molecule has 1 aliphatic rings. The van der Waals surface area contributed by atoms with Crippen LogP contribution in [0, 0.1) is 11.7 Å². The topological polar surface area (TPSA) is 59.6 Å². The number of benzene rings is 1. The number of anilines is 2. The van der Waals surface area contributed by atoms with Gasteiger partial charge in [-0.05, 0) is 57.7 Å². The quantitative estimate of drug-likeness (QED) is 0.878. The third-order valence-electron chi connectivity index (χ3n) is 3.45. The summed E-state index contributed by atoms with van der Waals surface area (Å²) >= 11 is 0. The van der Waals surface area contributed by atoms with Crippen molar-refractivity contribution in [3.8, 4) is 0 Å². The smallest absolute Gasteiger partial charge is 0.412 e. The summed E-state index contributed by atoms with van der Waals surface area (Å²) in [6, 6.07) is 4.21. The number of hydrogen-bond donors (Lipinski definition) is 2. The average molecular weight is 324 g/mol. The van der Waals surface area contributed by atoms with Gasteiger partial charge < -0.3 is 14.8 Å². The van der Waals surface area contributed by atoms with Crippen LogP contribution in [0.5, 0.6) is 0 Å². The van der Waals surface area contributed by atoms with Crippen LogP contribution in [0.3, 0.4) is 0 Å². The van der Waals surface area contributed by atoms with Gasteiger partial charge in [0, 0.05) is 13.2 Å². The lowest BCUT2D eigenvalue weighted by Gasteiger charge is -2.24. The highest BCUT2D eigenvalue weighted by molar-refractivity contribution is 5.89. The minimum atomic E-state index is -0.586. The molecule has 23 heavy (non-hydrogen) atoms. The Morgan fingerprint density at radius 1 is 1.39 bits per heavy atom. The number of halogens is 1. The van der Waals surface area contributed by atoms with Crippen molar-refractivity contribution in [2.45, 2.75) is 39.2 Å². The van der Waals surface area contributed by atoms with E-state index in [1.807, 2.05) is 0 Å². The fraction of sp³-hybridized carbons (Fsp3) is 0.588. The summed E-state index contributed by atoms with van der Waals surface area (Å²) in [6.07, 6.45) is 1.56. The molecule has 6 heteroatoms. The van der Waals surface area contributed by atoms with Crippen LogP contribution in [0.15, 0.2) is 18.2 Å². The molecule has 0 bridgehead atoms. The number of rotatable bonds is 4. The van der Waals surface area contributed by atoms with Gasteiger partial charge >= 0.3 is 6.09 Å². The van der Waals surface area contributed by atoms with Crippen molar-refractivity contribution in [3.63, 3.8) is 0 Å². The van der Waals surface area contributed by atoms with Crippen LogP contribution in [0.25, 0.3) is 0 Å². The molecule has 0 spiro atoms. The van der Waals surface area contributed by atoms with Gasteiger partial charge in [-0.2, -0.15) is 0 Å². The van der Waals surface area contributed by atoms with Crippen molar-refractivity contribution < 1.29 is 18.7 Å². The molecule has 1 unspecified atom stereocenters. The fourth-order valence-corrected chi connectivity index (χ4v) is 2.41. The van der Waals surface area contributed by atoms with E-state index in [0.29, 0.717) is 30.4 Å². The monoisotopic (exact) mass is 324 g/mol. The third-order valence-corrected chi connectivity index (χ3v) is 3.45. The maximum Gasteiger partial charge on any atom is 0.412 e. The Kier molecular flexibility index (Phi) is 5.82. The first-order valence-corrected chi connectivity index (χ1v) is 7.95. The van der Waals surface area contributed by atoms with Gasteiger partial charge in [0.15, 0.2) is 0 Å². The molecule has 128 valence electrons. The van der Waals surface area contributed by atoms with Crippen LogP contribution in [-0.2, 0) is 9.47 Å². The predicted molar refractivity (Wildman–Crippen MR) is 88.3 cm³/mol. The number of nitrogens with one attached hydrogen (secondary N) is 2. The first-order valence-electron chi connectivity index (χ1n) is 7.95. The van der Waals surface area contributed by atoms with E-state index in [9.17, 15) is 9.18 Å². The van der Waals surface area contributed by atoms with Crippen molar-refractivity contribution in [2.24, 2.45) is 5.92 Å². The molecule has 1 aromatic carbocycles. The number of ether oxygens (including phenoxy) is 2. The van der Waals surface area contributed by atoms with E-state index >= 15 is 0 Å². The number of carbonyl (C=O) groups is 1. The second-order valence-corrected chi connectivity index (χ2v) is 6.78. The van der Waals surface area contributed by atoms with Gasteiger partial charge in [-0.15, -0.1) is 0 Å². The SMILES string of the molecule is CC(C)(C)OC(=O)Nc1ccc(F)cc1NCC1CCCOC1. The molecule has 0 saturated carbocycles. The molecule has 1 amide bonds. The lowest BCUT2D eigenvalue weighted by molar-refractivity contribution is 0.0594. The maximum absolute atomic E-state index is 13.5. The van der Waals surface area contributed by atoms with Crippen LogP contribution in [0.1, 0.15) is 33.6 Å². The molecule has 5 nitrogen and oxygen atoms in total. The molecule has 1 heterocycles. The van der Waals surface area contributed by atoms with E-state index in [2.05, 4.69) is 10.6 Å². The fourth-order valence-electron chi connectivity index (χ4n) is 2.41. The first kappa shape index (κ1) is 17.5. The summed E-state index contributed by atoms with van der Waals surface area (Å²) in [4.78, 5) is 11.9. The zero-order valence-electron chi connectivity index (χ0n) is 13.9. The molecule has 0 aromatic heterocycles. The Morgan fingerprint density at radius 3 is 2.83 bits per heavy atom. The van der Waals surface area contributed by atoms with E-state index in [-0.39, 0.29) is 5.82 Å². The molecule has 1 aliphatic heterocycles. The van der Waals surface area contributed by atoms with Gasteiger partial charge in [0.05, 0.1) is 18.0 Å². The summed E-state index contributed by atoms with van der Waals surface area (Å²) in [5, 5.41) is 5.86.